The summed E-state index contributed by atoms with van der Waals surface area (Å²) in [6.07, 6.45) is 3.73. The minimum atomic E-state index is -0.408. The standard InChI is InChI=1S/C17H24FNO2/c1-3-7-17(8-10-19-11-9-17)15(20)12-13-5-4-6-14(21-2)16(13)18/h4-6,19H,3,7-12H2,1-2H3. The van der Waals surface area contributed by atoms with Gasteiger partial charge in [0.2, 0.25) is 0 Å². The fourth-order valence-electron chi connectivity index (χ4n) is 3.26. The third-order valence-corrected chi connectivity index (χ3v) is 4.49. The normalized spacial score (nSPS) is 17.5. The molecule has 1 aromatic rings. The van der Waals surface area contributed by atoms with Gasteiger partial charge in [0.05, 0.1) is 7.11 Å². The maximum absolute atomic E-state index is 14.2. The van der Waals surface area contributed by atoms with Crippen molar-refractivity contribution in [2.45, 2.75) is 39.0 Å². The van der Waals surface area contributed by atoms with Crippen LogP contribution >= 0.6 is 0 Å². The van der Waals surface area contributed by atoms with Crippen LogP contribution in [0.1, 0.15) is 38.2 Å². The van der Waals surface area contributed by atoms with E-state index in [1.165, 1.54) is 7.11 Å². The molecule has 0 spiro atoms. The van der Waals surface area contributed by atoms with Crippen LogP contribution in [0.25, 0.3) is 0 Å². The largest absolute Gasteiger partial charge is 0.494 e. The van der Waals surface area contributed by atoms with Gasteiger partial charge >= 0.3 is 0 Å². The molecule has 4 heteroatoms. The van der Waals surface area contributed by atoms with Crippen LogP contribution in [0, 0.1) is 11.2 Å². The molecule has 3 nitrogen and oxygen atoms in total. The quantitative estimate of drug-likeness (QED) is 0.876. The second-order valence-electron chi connectivity index (χ2n) is 5.81. The predicted octanol–water partition coefficient (Wildman–Crippen LogP) is 3.12. The fourth-order valence-corrected chi connectivity index (χ4v) is 3.26. The maximum atomic E-state index is 14.2. The van der Waals surface area contributed by atoms with Crippen molar-refractivity contribution in [2.24, 2.45) is 5.41 Å². The number of carbonyl (C=O) groups is 1. The Bertz CT molecular complexity index is 490. The second kappa shape index (κ2) is 7.03. The number of hydrogen-bond donors (Lipinski definition) is 1. The molecule has 1 N–H and O–H groups in total. The number of halogens is 1. The van der Waals surface area contributed by atoms with Crippen LogP contribution < -0.4 is 10.1 Å². The summed E-state index contributed by atoms with van der Waals surface area (Å²) in [4.78, 5) is 12.8. The lowest BCUT2D eigenvalue weighted by atomic mass is 9.70. The molecule has 0 radical (unpaired) electrons. The number of ketones is 1. The fraction of sp³-hybridized carbons (Fsp3) is 0.588. The highest BCUT2D eigenvalue weighted by Crippen LogP contribution is 2.36. The molecule has 0 saturated carbocycles. The summed E-state index contributed by atoms with van der Waals surface area (Å²) in [5.74, 6) is -0.0397. The number of piperidine rings is 1. The van der Waals surface area contributed by atoms with Gasteiger partial charge in [-0.25, -0.2) is 4.39 Å². The van der Waals surface area contributed by atoms with Gasteiger partial charge in [0, 0.05) is 11.8 Å². The molecule has 0 atom stereocenters. The third kappa shape index (κ3) is 3.43. The van der Waals surface area contributed by atoms with Gasteiger partial charge in [0.15, 0.2) is 11.6 Å². The van der Waals surface area contributed by atoms with Crippen LogP contribution in [-0.4, -0.2) is 26.0 Å². The van der Waals surface area contributed by atoms with E-state index in [2.05, 4.69) is 12.2 Å². The first-order chi connectivity index (χ1) is 10.1. The predicted molar refractivity (Wildman–Crippen MR) is 81.1 cm³/mol. The van der Waals surface area contributed by atoms with Gasteiger partial charge < -0.3 is 10.1 Å². The van der Waals surface area contributed by atoms with E-state index in [0.29, 0.717) is 5.56 Å². The molecule has 0 amide bonds. The summed E-state index contributed by atoms with van der Waals surface area (Å²) in [6, 6.07) is 4.99. The molecule has 0 aromatic heterocycles. The molecule has 1 fully saturated rings. The van der Waals surface area contributed by atoms with Crippen LogP contribution in [0.5, 0.6) is 5.75 Å². The molecule has 2 rings (SSSR count). The van der Waals surface area contributed by atoms with E-state index in [0.717, 1.165) is 38.8 Å². The van der Waals surface area contributed by atoms with Gasteiger partial charge in [-0.2, -0.15) is 0 Å². The summed E-state index contributed by atoms with van der Waals surface area (Å²) >= 11 is 0. The van der Waals surface area contributed by atoms with Gasteiger partial charge in [-0.05, 0) is 44.0 Å². The smallest absolute Gasteiger partial charge is 0.168 e. The molecule has 0 unspecified atom stereocenters. The highest BCUT2D eigenvalue weighted by atomic mass is 19.1. The number of hydrogen-bond acceptors (Lipinski definition) is 3. The monoisotopic (exact) mass is 293 g/mol. The highest BCUT2D eigenvalue weighted by Gasteiger charge is 2.38. The first-order valence-corrected chi connectivity index (χ1v) is 7.68. The van der Waals surface area contributed by atoms with E-state index < -0.39 is 5.82 Å². The highest BCUT2D eigenvalue weighted by molar-refractivity contribution is 5.87. The van der Waals surface area contributed by atoms with Crippen LogP contribution in [0.4, 0.5) is 4.39 Å². The van der Waals surface area contributed by atoms with E-state index in [1.54, 1.807) is 18.2 Å². The molecule has 116 valence electrons. The van der Waals surface area contributed by atoms with E-state index in [-0.39, 0.29) is 23.4 Å². The van der Waals surface area contributed by atoms with Crippen LogP contribution in [0.2, 0.25) is 0 Å². The molecule has 1 aromatic carbocycles. The van der Waals surface area contributed by atoms with Gasteiger partial charge in [0.25, 0.3) is 0 Å². The van der Waals surface area contributed by atoms with Crippen molar-refractivity contribution in [3.8, 4) is 5.75 Å². The van der Waals surface area contributed by atoms with Crippen molar-refractivity contribution < 1.29 is 13.9 Å². The maximum Gasteiger partial charge on any atom is 0.168 e. The van der Waals surface area contributed by atoms with E-state index in [1.807, 2.05) is 0 Å². The first kappa shape index (κ1) is 16.0. The molecule has 1 saturated heterocycles. The zero-order chi connectivity index (χ0) is 15.3. The van der Waals surface area contributed by atoms with Crippen molar-refractivity contribution in [2.75, 3.05) is 20.2 Å². The third-order valence-electron chi connectivity index (χ3n) is 4.49. The van der Waals surface area contributed by atoms with Crippen LogP contribution in [-0.2, 0) is 11.2 Å². The van der Waals surface area contributed by atoms with Gasteiger partial charge in [0.1, 0.15) is 5.78 Å². The average molecular weight is 293 g/mol. The number of carbonyl (C=O) groups excluding carboxylic acids is 1. The van der Waals surface area contributed by atoms with Crippen molar-refractivity contribution in [1.82, 2.24) is 5.32 Å². The summed E-state index contributed by atoms with van der Waals surface area (Å²) in [5, 5.41) is 3.30. The average Bonchev–Trinajstić information content (AvgIpc) is 2.50. The minimum Gasteiger partial charge on any atom is -0.494 e. The van der Waals surface area contributed by atoms with Crippen LogP contribution in [0.15, 0.2) is 18.2 Å². The molecular weight excluding hydrogens is 269 g/mol. The van der Waals surface area contributed by atoms with Crippen molar-refractivity contribution in [1.29, 1.82) is 0 Å². The Morgan fingerprint density at radius 1 is 1.38 bits per heavy atom. The lowest BCUT2D eigenvalue weighted by Crippen LogP contribution is -2.42. The molecular formula is C17H24FNO2. The zero-order valence-corrected chi connectivity index (χ0v) is 12.9. The molecule has 1 aliphatic heterocycles. The summed E-state index contributed by atoms with van der Waals surface area (Å²) in [7, 11) is 1.44. The summed E-state index contributed by atoms with van der Waals surface area (Å²) in [5.41, 5.74) is 0.156. The molecule has 1 aliphatic rings. The van der Waals surface area contributed by atoms with Crippen molar-refractivity contribution in [3.05, 3.63) is 29.6 Å². The summed E-state index contributed by atoms with van der Waals surface area (Å²) < 4.78 is 19.2. The van der Waals surface area contributed by atoms with Gasteiger partial charge in [-0.15, -0.1) is 0 Å². The Kier molecular flexibility index (Phi) is 5.34. The van der Waals surface area contributed by atoms with Crippen molar-refractivity contribution >= 4 is 5.78 Å². The lowest BCUT2D eigenvalue weighted by molar-refractivity contribution is -0.130. The molecule has 21 heavy (non-hydrogen) atoms. The summed E-state index contributed by atoms with van der Waals surface area (Å²) in [6.45, 7) is 3.84. The first-order valence-electron chi connectivity index (χ1n) is 7.68. The van der Waals surface area contributed by atoms with Gasteiger partial charge in [-0.3, -0.25) is 4.79 Å². The second-order valence-corrected chi connectivity index (χ2v) is 5.81. The minimum absolute atomic E-state index is 0.156. The number of ether oxygens (including phenoxy) is 1. The Morgan fingerprint density at radius 3 is 2.71 bits per heavy atom. The van der Waals surface area contributed by atoms with E-state index in [4.69, 9.17) is 4.74 Å². The van der Waals surface area contributed by atoms with E-state index in [9.17, 15) is 9.18 Å². The number of methoxy groups -OCH3 is 1. The van der Waals surface area contributed by atoms with Crippen molar-refractivity contribution in [3.63, 3.8) is 0 Å². The Balaban J connectivity index is 2.19. The number of Topliss-reactive ketones (excluding diaryl/α,β-unsaturated/α-hetero) is 1. The lowest BCUT2D eigenvalue weighted by Gasteiger charge is -2.36. The Hall–Kier alpha value is -1.42. The van der Waals surface area contributed by atoms with Gasteiger partial charge in [-0.1, -0.05) is 25.5 Å². The Morgan fingerprint density at radius 2 is 2.10 bits per heavy atom. The Labute approximate surface area is 125 Å². The number of benzene rings is 1. The number of rotatable bonds is 6. The SMILES string of the molecule is CCCC1(C(=O)Cc2cccc(OC)c2F)CCNCC1. The van der Waals surface area contributed by atoms with E-state index >= 15 is 0 Å². The molecule has 0 aliphatic carbocycles. The molecule has 0 bridgehead atoms. The zero-order valence-electron chi connectivity index (χ0n) is 12.9. The topological polar surface area (TPSA) is 38.3 Å². The van der Waals surface area contributed by atoms with Crippen LogP contribution in [0.3, 0.4) is 0 Å². The molecule has 1 heterocycles. The number of nitrogens with one attached hydrogen (secondary N) is 1.